The van der Waals surface area contributed by atoms with Crippen molar-refractivity contribution in [1.82, 2.24) is 20.2 Å². The van der Waals surface area contributed by atoms with E-state index in [1.54, 1.807) is 4.68 Å². The average Bonchev–Trinajstić information content (AvgIpc) is 2.52. The molecule has 2 rings (SSSR count). The second-order valence-electron chi connectivity index (χ2n) is 2.73. The molecule has 1 heterocycles. The number of aryl methyl sites for hydroxylation is 1. The third-order valence-corrected chi connectivity index (χ3v) is 2.86. The van der Waals surface area contributed by atoms with Crippen LogP contribution in [0.15, 0.2) is 18.2 Å². The number of benzene rings is 1. The number of rotatable bonds is 1. The van der Waals surface area contributed by atoms with Crippen molar-refractivity contribution in [1.29, 1.82) is 0 Å². The molecule has 72 valence electrons. The Morgan fingerprint density at radius 3 is 2.79 bits per heavy atom. The van der Waals surface area contributed by atoms with Crippen molar-refractivity contribution in [2.45, 2.75) is 6.92 Å². The van der Waals surface area contributed by atoms with E-state index in [0.29, 0.717) is 5.02 Å². The maximum absolute atomic E-state index is 5.85. The van der Waals surface area contributed by atoms with Crippen LogP contribution in [-0.4, -0.2) is 20.2 Å². The molecule has 0 unspecified atom stereocenters. The highest BCUT2D eigenvalue weighted by Gasteiger charge is 2.07. The molecule has 0 fully saturated rings. The zero-order chi connectivity index (χ0) is 10.1. The fraction of sp³-hybridized carbons (Fsp3) is 0.125. The Bertz CT molecular complexity index is 468. The van der Waals surface area contributed by atoms with Crippen molar-refractivity contribution in [3.8, 4) is 5.69 Å². The second kappa shape index (κ2) is 3.82. The number of hydrogen-bond acceptors (Lipinski definition) is 3. The topological polar surface area (TPSA) is 43.6 Å². The highest BCUT2D eigenvalue weighted by molar-refractivity contribution is 14.1. The van der Waals surface area contributed by atoms with Gasteiger partial charge in [-0.3, -0.25) is 0 Å². The van der Waals surface area contributed by atoms with Gasteiger partial charge in [0.25, 0.3) is 0 Å². The minimum atomic E-state index is 0.712. The maximum atomic E-state index is 5.85. The third kappa shape index (κ3) is 1.74. The third-order valence-electron chi connectivity index (χ3n) is 1.76. The van der Waals surface area contributed by atoms with E-state index in [1.807, 2.05) is 25.1 Å². The first-order chi connectivity index (χ1) is 6.68. The van der Waals surface area contributed by atoms with Crippen molar-refractivity contribution in [2.75, 3.05) is 0 Å². The molecule has 0 radical (unpaired) electrons. The normalized spacial score (nSPS) is 10.5. The lowest BCUT2D eigenvalue weighted by molar-refractivity contribution is 0.776. The Balaban J connectivity index is 2.58. The summed E-state index contributed by atoms with van der Waals surface area (Å²) in [6.45, 7) is 1.85. The Hall–Kier alpha value is -0.690. The van der Waals surface area contributed by atoms with Crippen LogP contribution in [0.3, 0.4) is 0 Å². The van der Waals surface area contributed by atoms with E-state index >= 15 is 0 Å². The van der Waals surface area contributed by atoms with Crippen LogP contribution in [0.1, 0.15) is 5.82 Å². The van der Waals surface area contributed by atoms with Crippen LogP contribution in [0.5, 0.6) is 0 Å². The summed E-state index contributed by atoms with van der Waals surface area (Å²) in [6, 6.07) is 5.59. The molecule has 0 saturated heterocycles. The van der Waals surface area contributed by atoms with Gasteiger partial charge in [0.05, 0.1) is 5.69 Å². The molecule has 0 N–H and O–H groups in total. The lowest BCUT2D eigenvalue weighted by atomic mass is 10.3. The largest absolute Gasteiger partial charge is 0.197 e. The van der Waals surface area contributed by atoms with Gasteiger partial charge in [0, 0.05) is 8.59 Å². The fourth-order valence-electron chi connectivity index (χ4n) is 1.11. The second-order valence-corrected chi connectivity index (χ2v) is 4.33. The number of aromatic nitrogens is 4. The van der Waals surface area contributed by atoms with Crippen molar-refractivity contribution in [3.05, 3.63) is 32.6 Å². The van der Waals surface area contributed by atoms with E-state index in [9.17, 15) is 0 Å². The predicted molar refractivity (Wildman–Crippen MR) is 61.6 cm³/mol. The molecular weight excluding hydrogens is 314 g/mol. The van der Waals surface area contributed by atoms with Gasteiger partial charge < -0.3 is 0 Å². The van der Waals surface area contributed by atoms with Gasteiger partial charge in [0.2, 0.25) is 0 Å². The van der Waals surface area contributed by atoms with Crippen LogP contribution in [0, 0.1) is 10.5 Å². The summed E-state index contributed by atoms with van der Waals surface area (Å²) in [4.78, 5) is 0. The minimum Gasteiger partial charge on any atom is -0.197 e. The smallest absolute Gasteiger partial charge is 0.153 e. The van der Waals surface area contributed by atoms with Crippen molar-refractivity contribution >= 4 is 34.2 Å². The lowest BCUT2D eigenvalue weighted by Crippen LogP contribution is -2.01. The molecule has 0 aliphatic rings. The van der Waals surface area contributed by atoms with Crippen LogP contribution in [0.4, 0.5) is 0 Å². The van der Waals surface area contributed by atoms with Crippen LogP contribution in [0.2, 0.25) is 5.02 Å². The Morgan fingerprint density at radius 1 is 1.43 bits per heavy atom. The molecule has 0 aliphatic carbocycles. The van der Waals surface area contributed by atoms with E-state index in [-0.39, 0.29) is 0 Å². The molecule has 0 spiro atoms. The van der Waals surface area contributed by atoms with Crippen LogP contribution in [0.25, 0.3) is 5.69 Å². The minimum absolute atomic E-state index is 0.712. The number of halogens is 2. The molecule has 0 amide bonds. The standard InChI is InChI=1S/C8H6ClIN4/c1-5-11-12-13-14(5)8-3-2-6(9)4-7(8)10/h2-4H,1H3. The molecule has 2 aromatic rings. The average molecular weight is 321 g/mol. The van der Waals surface area contributed by atoms with Crippen molar-refractivity contribution < 1.29 is 0 Å². The van der Waals surface area contributed by atoms with Crippen molar-refractivity contribution in [3.63, 3.8) is 0 Å². The van der Waals surface area contributed by atoms with Crippen LogP contribution >= 0.6 is 34.2 Å². The van der Waals surface area contributed by atoms with Crippen LogP contribution < -0.4 is 0 Å². The molecule has 1 aromatic heterocycles. The summed E-state index contributed by atoms with van der Waals surface area (Å²) < 4.78 is 2.70. The summed E-state index contributed by atoms with van der Waals surface area (Å²) in [5.41, 5.74) is 0.942. The van der Waals surface area contributed by atoms with Gasteiger partial charge in [-0.25, -0.2) is 0 Å². The summed E-state index contributed by atoms with van der Waals surface area (Å²) in [6.07, 6.45) is 0. The van der Waals surface area contributed by atoms with E-state index in [1.165, 1.54) is 0 Å². The van der Waals surface area contributed by atoms with E-state index in [2.05, 4.69) is 38.1 Å². The summed E-state index contributed by atoms with van der Waals surface area (Å²) in [5, 5.41) is 12.0. The maximum Gasteiger partial charge on any atom is 0.153 e. The van der Waals surface area contributed by atoms with Gasteiger partial charge in [-0.2, -0.15) is 4.68 Å². The number of tetrazole rings is 1. The highest BCUT2D eigenvalue weighted by Crippen LogP contribution is 2.20. The van der Waals surface area contributed by atoms with Gasteiger partial charge in [-0.1, -0.05) is 11.6 Å². The Labute approximate surface area is 99.4 Å². The van der Waals surface area contributed by atoms with Gasteiger partial charge in [0.15, 0.2) is 5.82 Å². The molecular formula is C8H6ClIN4. The monoisotopic (exact) mass is 320 g/mol. The first kappa shape index (κ1) is 9.85. The first-order valence-corrected chi connectivity index (χ1v) is 5.34. The number of nitrogens with zero attached hydrogens (tertiary/aromatic N) is 4. The molecule has 1 aromatic carbocycles. The quantitative estimate of drug-likeness (QED) is 0.757. The molecule has 0 saturated carbocycles. The Kier molecular flexibility index (Phi) is 2.69. The zero-order valence-corrected chi connectivity index (χ0v) is 10.2. The summed E-state index contributed by atoms with van der Waals surface area (Å²) >= 11 is 8.06. The lowest BCUT2D eigenvalue weighted by Gasteiger charge is -2.04. The molecule has 0 aliphatic heterocycles. The van der Waals surface area contributed by atoms with Crippen molar-refractivity contribution in [2.24, 2.45) is 0 Å². The Morgan fingerprint density at radius 2 is 2.21 bits per heavy atom. The number of hydrogen-bond donors (Lipinski definition) is 0. The first-order valence-electron chi connectivity index (χ1n) is 3.89. The highest BCUT2D eigenvalue weighted by atomic mass is 127. The summed E-state index contributed by atoms with van der Waals surface area (Å²) in [5.74, 6) is 0.755. The molecule has 0 atom stereocenters. The fourth-order valence-corrected chi connectivity index (χ4v) is 2.21. The molecule has 0 bridgehead atoms. The predicted octanol–water partition coefficient (Wildman–Crippen LogP) is 2.23. The molecule has 4 nitrogen and oxygen atoms in total. The van der Waals surface area contributed by atoms with Gasteiger partial charge >= 0.3 is 0 Å². The molecule has 6 heteroatoms. The van der Waals surface area contributed by atoms with Crippen LogP contribution in [-0.2, 0) is 0 Å². The SMILES string of the molecule is Cc1nnnn1-c1ccc(Cl)cc1I. The van der Waals surface area contributed by atoms with Gasteiger partial charge in [0.1, 0.15) is 0 Å². The van der Waals surface area contributed by atoms with E-state index in [4.69, 9.17) is 11.6 Å². The summed E-state index contributed by atoms with van der Waals surface area (Å²) in [7, 11) is 0. The van der Waals surface area contributed by atoms with Gasteiger partial charge in [-0.15, -0.1) is 5.10 Å². The van der Waals surface area contributed by atoms with E-state index < -0.39 is 0 Å². The zero-order valence-electron chi connectivity index (χ0n) is 7.28. The molecule has 14 heavy (non-hydrogen) atoms. The van der Waals surface area contributed by atoms with E-state index in [0.717, 1.165) is 15.1 Å². The van der Waals surface area contributed by atoms with Gasteiger partial charge in [-0.05, 0) is 58.1 Å².